The Bertz CT molecular complexity index is 701. The maximum absolute atomic E-state index is 12.3. The van der Waals surface area contributed by atoms with Gasteiger partial charge in [0.1, 0.15) is 0 Å². The van der Waals surface area contributed by atoms with E-state index in [-0.39, 0.29) is 18.0 Å². The minimum atomic E-state index is -3.61. The molecule has 0 atom stereocenters. The Labute approximate surface area is 124 Å². The summed E-state index contributed by atoms with van der Waals surface area (Å²) in [5.74, 6) is 0. The fourth-order valence-electron chi connectivity index (χ4n) is 2.04. The third-order valence-electron chi connectivity index (χ3n) is 3.37. The van der Waals surface area contributed by atoms with Crippen LogP contribution in [0.15, 0.2) is 35.6 Å². The number of aromatic nitrogens is 2. The molecule has 2 rings (SSSR count). The number of hydrogen-bond donors (Lipinski definition) is 2. The Morgan fingerprint density at radius 2 is 2.19 bits per heavy atom. The van der Waals surface area contributed by atoms with Gasteiger partial charge in [-0.25, -0.2) is 13.1 Å². The van der Waals surface area contributed by atoms with Gasteiger partial charge in [-0.15, -0.1) is 0 Å². The predicted octanol–water partition coefficient (Wildman–Crippen LogP) is 1.18. The minimum absolute atomic E-state index is 0.162. The molecule has 0 fully saturated rings. The Morgan fingerprint density at radius 1 is 1.43 bits per heavy atom. The maximum Gasteiger partial charge on any atom is 0.242 e. The van der Waals surface area contributed by atoms with Gasteiger partial charge in [0.2, 0.25) is 10.0 Å². The lowest BCUT2D eigenvalue weighted by Gasteiger charge is -2.07. The summed E-state index contributed by atoms with van der Waals surface area (Å²) in [6, 6.07) is 3.32. The molecule has 0 radical (unpaired) electrons. The molecular weight excluding hydrogens is 290 g/mol. The topological polar surface area (TPSA) is 84.2 Å². The van der Waals surface area contributed by atoms with E-state index in [1.54, 1.807) is 17.0 Å². The Balaban J connectivity index is 2.19. The van der Waals surface area contributed by atoms with Crippen molar-refractivity contribution in [3.63, 3.8) is 0 Å². The lowest BCUT2D eigenvalue weighted by molar-refractivity contribution is 0.271. The average molecular weight is 309 g/mol. The SMILES string of the molecule is CCn1cc(S(=O)(=O)NCc2cnccc2C)cc1CO. The Hall–Kier alpha value is -1.70. The van der Waals surface area contributed by atoms with E-state index in [2.05, 4.69) is 9.71 Å². The molecule has 21 heavy (non-hydrogen) atoms. The standard InChI is InChI=1S/C14H19N3O3S/c1-3-17-9-14(6-13(17)10-18)21(19,20)16-8-12-7-15-5-4-11(12)2/h4-7,9,16,18H,3,8,10H2,1-2H3. The minimum Gasteiger partial charge on any atom is -0.390 e. The van der Waals surface area contributed by atoms with Crippen molar-refractivity contribution in [3.05, 3.63) is 47.5 Å². The molecule has 0 aliphatic carbocycles. The van der Waals surface area contributed by atoms with Gasteiger partial charge in [-0.1, -0.05) is 0 Å². The van der Waals surface area contributed by atoms with Crippen molar-refractivity contribution in [1.82, 2.24) is 14.3 Å². The number of nitrogens with zero attached hydrogens (tertiary/aromatic N) is 2. The van der Waals surface area contributed by atoms with E-state index in [1.165, 1.54) is 12.3 Å². The molecule has 0 aliphatic heterocycles. The van der Waals surface area contributed by atoms with Crippen LogP contribution >= 0.6 is 0 Å². The molecule has 0 unspecified atom stereocenters. The second-order valence-electron chi connectivity index (χ2n) is 4.74. The first-order valence-electron chi connectivity index (χ1n) is 6.67. The number of aliphatic hydroxyl groups is 1. The molecule has 2 heterocycles. The summed E-state index contributed by atoms with van der Waals surface area (Å²) in [6.07, 6.45) is 4.85. The summed E-state index contributed by atoms with van der Waals surface area (Å²) in [7, 11) is -3.61. The summed E-state index contributed by atoms with van der Waals surface area (Å²) in [4.78, 5) is 4.15. The summed E-state index contributed by atoms with van der Waals surface area (Å²) in [5, 5.41) is 9.23. The molecule has 2 aromatic rings. The van der Waals surface area contributed by atoms with Crippen molar-refractivity contribution in [3.8, 4) is 0 Å². The highest BCUT2D eigenvalue weighted by Gasteiger charge is 2.18. The van der Waals surface area contributed by atoms with Gasteiger partial charge in [0.25, 0.3) is 0 Å². The van der Waals surface area contributed by atoms with E-state index < -0.39 is 10.0 Å². The largest absolute Gasteiger partial charge is 0.390 e. The lowest BCUT2D eigenvalue weighted by Crippen LogP contribution is -2.23. The molecule has 7 heteroatoms. The van der Waals surface area contributed by atoms with E-state index in [9.17, 15) is 13.5 Å². The first kappa shape index (κ1) is 15.7. The number of hydrogen-bond acceptors (Lipinski definition) is 4. The quantitative estimate of drug-likeness (QED) is 0.839. The average Bonchev–Trinajstić information content (AvgIpc) is 2.90. The molecule has 114 valence electrons. The molecule has 2 aromatic heterocycles. The second kappa shape index (κ2) is 6.38. The van der Waals surface area contributed by atoms with Crippen LogP contribution in [-0.4, -0.2) is 23.1 Å². The van der Waals surface area contributed by atoms with Crippen molar-refractivity contribution in [1.29, 1.82) is 0 Å². The number of aliphatic hydroxyl groups excluding tert-OH is 1. The van der Waals surface area contributed by atoms with Crippen molar-refractivity contribution in [2.45, 2.75) is 38.4 Å². The van der Waals surface area contributed by atoms with Crippen molar-refractivity contribution in [2.24, 2.45) is 0 Å². The van der Waals surface area contributed by atoms with Crippen LogP contribution in [0.25, 0.3) is 0 Å². The summed E-state index contributed by atoms with van der Waals surface area (Å²) >= 11 is 0. The molecule has 0 aromatic carbocycles. The van der Waals surface area contributed by atoms with Crippen LogP contribution in [0.4, 0.5) is 0 Å². The second-order valence-corrected chi connectivity index (χ2v) is 6.50. The molecule has 0 saturated heterocycles. The molecule has 0 amide bonds. The smallest absolute Gasteiger partial charge is 0.242 e. The zero-order valence-electron chi connectivity index (χ0n) is 12.1. The van der Waals surface area contributed by atoms with Crippen LogP contribution in [0.5, 0.6) is 0 Å². The molecule has 6 nitrogen and oxygen atoms in total. The van der Waals surface area contributed by atoms with E-state index in [1.807, 2.05) is 19.9 Å². The summed E-state index contributed by atoms with van der Waals surface area (Å²) < 4.78 is 28.8. The van der Waals surface area contributed by atoms with E-state index >= 15 is 0 Å². The maximum atomic E-state index is 12.3. The number of pyridine rings is 1. The monoisotopic (exact) mass is 309 g/mol. The van der Waals surface area contributed by atoms with Gasteiger partial charge in [-0.05, 0) is 37.1 Å². The third kappa shape index (κ3) is 3.49. The lowest BCUT2D eigenvalue weighted by atomic mass is 10.2. The molecule has 0 spiro atoms. The molecule has 0 aliphatic rings. The van der Waals surface area contributed by atoms with Gasteiger partial charge >= 0.3 is 0 Å². The fraction of sp³-hybridized carbons (Fsp3) is 0.357. The van der Waals surface area contributed by atoms with E-state index in [0.29, 0.717) is 12.2 Å². The van der Waals surface area contributed by atoms with Crippen molar-refractivity contribution >= 4 is 10.0 Å². The number of nitrogens with one attached hydrogen (secondary N) is 1. The van der Waals surface area contributed by atoms with E-state index in [0.717, 1.165) is 11.1 Å². The first-order valence-corrected chi connectivity index (χ1v) is 8.15. The van der Waals surface area contributed by atoms with Crippen molar-refractivity contribution < 1.29 is 13.5 Å². The predicted molar refractivity (Wildman–Crippen MR) is 79.0 cm³/mol. The zero-order valence-corrected chi connectivity index (χ0v) is 12.9. The van der Waals surface area contributed by atoms with Gasteiger partial charge < -0.3 is 9.67 Å². The van der Waals surface area contributed by atoms with Crippen LogP contribution < -0.4 is 4.72 Å². The van der Waals surface area contributed by atoms with Crippen LogP contribution in [0.3, 0.4) is 0 Å². The van der Waals surface area contributed by atoms with Crippen LogP contribution in [0.1, 0.15) is 23.7 Å². The molecule has 2 N–H and O–H groups in total. The van der Waals surface area contributed by atoms with Crippen LogP contribution in [0.2, 0.25) is 0 Å². The number of aryl methyl sites for hydroxylation is 2. The fourth-order valence-corrected chi connectivity index (χ4v) is 3.11. The van der Waals surface area contributed by atoms with Gasteiger partial charge in [-0.2, -0.15) is 0 Å². The number of sulfonamides is 1. The van der Waals surface area contributed by atoms with Gasteiger partial charge in [0, 0.05) is 37.4 Å². The van der Waals surface area contributed by atoms with Crippen LogP contribution in [0, 0.1) is 6.92 Å². The van der Waals surface area contributed by atoms with Gasteiger partial charge in [0.05, 0.1) is 11.5 Å². The Morgan fingerprint density at radius 3 is 2.76 bits per heavy atom. The van der Waals surface area contributed by atoms with Gasteiger partial charge in [-0.3, -0.25) is 4.98 Å². The number of rotatable bonds is 6. The van der Waals surface area contributed by atoms with E-state index in [4.69, 9.17) is 0 Å². The first-order chi connectivity index (χ1) is 9.97. The highest BCUT2D eigenvalue weighted by atomic mass is 32.2. The Kier molecular flexibility index (Phi) is 4.76. The summed E-state index contributed by atoms with van der Waals surface area (Å²) in [5.41, 5.74) is 2.39. The third-order valence-corrected chi connectivity index (χ3v) is 4.74. The van der Waals surface area contributed by atoms with Gasteiger partial charge in [0.15, 0.2) is 0 Å². The molecule has 0 saturated carbocycles. The van der Waals surface area contributed by atoms with Crippen molar-refractivity contribution in [2.75, 3.05) is 0 Å². The zero-order chi connectivity index (χ0) is 15.5. The van der Waals surface area contributed by atoms with Crippen LogP contribution in [-0.2, 0) is 29.7 Å². The highest BCUT2D eigenvalue weighted by Crippen LogP contribution is 2.15. The summed E-state index contributed by atoms with van der Waals surface area (Å²) in [6.45, 7) is 4.40. The molecule has 0 bridgehead atoms. The molecular formula is C14H19N3O3S. The highest BCUT2D eigenvalue weighted by molar-refractivity contribution is 7.89. The normalized spacial score (nSPS) is 11.8.